The van der Waals surface area contributed by atoms with Gasteiger partial charge in [0.2, 0.25) is 11.8 Å². The van der Waals surface area contributed by atoms with Crippen molar-refractivity contribution in [1.29, 1.82) is 0 Å². The molecule has 0 spiro atoms. The van der Waals surface area contributed by atoms with Gasteiger partial charge in [0, 0.05) is 6.54 Å². The summed E-state index contributed by atoms with van der Waals surface area (Å²) in [5, 5.41) is 11.5. The monoisotopic (exact) mass is 258 g/mol. The number of oxime groups is 1. The van der Waals surface area contributed by atoms with Crippen LogP contribution < -0.4 is 11.5 Å². The number of hydrogen-bond donors (Lipinski definition) is 3. The number of carbonyl (C=O) groups is 2. The fourth-order valence-corrected chi connectivity index (χ4v) is 1.66. The van der Waals surface area contributed by atoms with Crippen LogP contribution >= 0.6 is 0 Å². The second-order valence-corrected chi connectivity index (χ2v) is 4.56. The maximum absolute atomic E-state index is 12.2. The zero-order valence-corrected chi connectivity index (χ0v) is 11.1. The van der Waals surface area contributed by atoms with E-state index in [4.69, 9.17) is 16.7 Å². The third-order valence-electron chi connectivity index (χ3n) is 2.42. The van der Waals surface area contributed by atoms with Gasteiger partial charge in [-0.15, -0.1) is 0 Å². The quantitative estimate of drug-likeness (QED) is 0.252. The number of amidine groups is 1. The minimum absolute atomic E-state index is 0.152. The van der Waals surface area contributed by atoms with Gasteiger partial charge in [0.05, 0.1) is 12.5 Å². The summed E-state index contributed by atoms with van der Waals surface area (Å²) in [5.41, 5.74) is 10.6. The Morgan fingerprint density at radius 1 is 1.33 bits per heavy atom. The van der Waals surface area contributed by atoms with E-state index in [9.17, 15) is 9.59 Å². The van der Waals surface area contributed by atoms with E-state index < -0.39 is 11.8 Å². The fraction of sp³-hybridized carbons (Fsp3) is 0.727. The lowest BCUT2D eigenvalue weighted by atomic mass is 10.0. The Kier molecular flexibility index (Phi) is 6.77. The molecule has 0 fully saturated rings. The maximum atomic E-state index is 12.2. The topological polar surface area (TPSA) is 122 Å². The van der Waals surface area contributed by atoms with Crippen molar-refractivity contribution in [1.82, 2.24) is 4.90 Å². The van der Waals surface area contributed by atoms with Crippen molar-refractivity contribution in [2.45, 2.75) is 27.2 Å². The normalized spacial score (nSPS) is 13.4. The van der Waals surface area contributed by atoms with Crippen molar-refractivity contribution >= 4 is 17.6 Å². The van der Waals surface area contributed by atoms with Crippen LogP contribution in [0.2, 0.25) is 0 Å². The third-order valence-corrected chi connectivity index (χ3v) is 2.42. The highest BCUT2D eigenvalue weighted by atomic mass is 16.4. The molecule has 104 valence electrons. The molecular formula is C11H22N4O3. The molecule has 5 N–H and O–H groups in total. The van der Waals surface area contributed by atoms with Crippen molar-refractivity contribution in [2.75, 3.05) is 13.1 Å². The van der Waals surface area contributed by atoms with Gasteiger partial charge in [-0.25, -0.2) is 0 Å². The molecular weight excluding hydrogens is 236 g/mol. The summed E-state index contributed by atoms with van der Waals surface area (Å²) in [5.74, 6) is -1.62. The molecule has 2 amide bonds. The number of hydrogen-bond acceptors (Lipinski definition) is 4. The van der Waals surface area contributed by atoms with Gasteiger partial charge in [0.1, 0.15) is 0 Å². The molecule has 0 bridgehead atoms. The first-order valence-corrected chi connectivity index (χ1v) is 5.87. The Morgan fingerprint density at radius 3 is 2.22 bits per heavy atom. The molecule has 0 saturated heterocycles. The van der Waals surface area contributed by atoms with Gasteiger partial charge in [-0.3, -0.25) is 9.59 Å². The molecule has 0 rings (SSSR count). The lowest BCUT2D eigenvalue weighted by Crippen LogP contribution is -2.46. The molecule has 0 aliphatic heterocycles. The van der Waals surface area contributed by atoms with Crippen molar-refractivity contribution in [2.24, 2.45) is 28.5 Å². The highest BCUT2D eigenvalue weighted by Gasteiger charge is 2.27. The van der Waals surface area contributed by atoms with Crippen LogP contribution in [0.3, 0.4) is 0 Å². The van der Waals surface area contributed by atoms with Crippen molar-refractivity contribution in [3.8, 4) is 0 Å². The van der Waals surface area contributed by atoms with E-state index in [0.29, 0.717) is 13.0 Å². The first-order chi connectivity index (χ1) is 8.33. The van der Waals surface area contributed by atoms with Crippen LogP contribution in [-0.2, 0) is 9.59 Å². The molecule has 0 aromatic carbocycles. The lowest BCUT2D eigenvalue weighted by molar-refractivity contribution is -0.137. The summed E-state index contributed by atoms with van der Waals surface area (Å²) in [6, 6.07) is 0. The smallest absolute Gasteiger partial charge is 0.237 e. The van der Waals surface area contributed by atoms with Gasteiger partial charge in [-0.05, 0) is 12.3 Å². The number of rotatable bonds is 7. The van der Waals surface area contributed by atoms with E-state index in [1.165, 1.54) is 4.90 Å². The van der Waals surface area contributed by atoms with E-state index >= 15 is 0 Å². The first kappa shape index (κ1) is 16.2. The van der Waals surface area contributed by atoms with Gasteiger partial charge < -0.3 is 21.6 Å². The zero-order chi connectivity index (χ0) is 14.3. The van der Waals surface area contributed by atoms with Crippen LogP contribution in [0.15, 0.2) is 5.16 Å². The van der Waals surface area contributed by atoms with Gasteiger partial charge in [-0.2, -0.15) is 0 Å². The second-order valence-electron chi connectivity index (χ2n) is 4.56. The second kappa shape index (κ2) is 7.52. The average molecular weight is 258 g/mol. The molecule has 0 heterocycles. The van der Waals surface area contributed by atoms with Crippen molar-refractivity contribution < 1.29 is 14.8 Å². The van der Waals surface area contributed by atoms with Crippen molar-refractivity contribution in [3.63, 3.8) is 0 Å². The fourth-order valence-electron chi connectivity index (χ4n) is 1.66. The van der Waals surface area contributed by atoms with Crippen LogP contribution in [0.25, 0.3) is 0 Å². The van der Waals surface area contributed by atoms with E-state index in [1.54, 1.807) is 6.92 Å². The predicted octanol–water partition coefficient (Wildman–Crippen LogP) is -0.271. The summed E-state index contributed by atoms with van der Waals surface area (Å²) in [4.78, 5) is 24.5. The summed E-state index contributed by atoms with van der Waals surface area (Å²) in [7, 11) is 0. The van der Waals surface area contributed by atoms with Gasteiger partial charge in [0.15, 0.2) is 5.84 Å². The average Bonchev–Trinajstić information content (AvgIpc) is 2.27. The van der Waals surface area contributed by atoms with E-state index in [-0.39, 0.29) is 24.2 Å². The molecule has 1 unspecified atom stereocenters. The largest absolute Gasteiger partial charge is 0.409 e. The Bertz CT molecular complexity index is 328. The molecule has 0 aliphatic carbocycles. The van der Waals surface area contributed by atoms with Crippen LogP contribution in [0.1, 0.15) is 27.2 Å². The summed E-state index contributed by atoms with van der Waals surface area (Å²) in [6.07, 6.45) is 0.391. The predicted molar refractivity (Wildman–Crippen MR) is 67.8 cm³/mol. The minimum atomic E-state index is -0.729. The SMILES string of the molecule is CCC(C(=O)N(CC(N)=O)CC(C)C)C(N)=NO. The van der Waals surface area contributed by atoms with Gasteiger partial charge >= 0.3 is 0 Å². The number of amides is 2. The highest BCUT2D eigenvalue weighted by molar-refractivity contribution is 6.02. The Morgan fingerprint density at radius 2 is 1.89 bits per heavy atom. The van der Waals surface area contributed by atoms with E-state index in [0.717, 1.165) is 0 Å². The van der Waals surface area contributed by atoms with Crippen LogP contribution in [0, 0.1) is 11.8 Å². The zero-order valence-electron chi connectivity index (χ0n) is 11.1. The van der Waals surface area contributed by atoms with Crippen molar-refractivity contribution in [3.05, 3.63) is 0 Å². The molecule has 7 nitrogen and oxygen atoms in total. The van der Waals surface area contributed by atoms with Gasteiger partial charge in [-0.1, -0.05) is 25.9 Å². The Hall–Kier alpha value is -1.79. The minimum Gasteiger partial charge on any atom is -0.409 e. The van der Waals surface area contributed by atoms with Crippen LogP contribution in [0.4, 0.5) is 0 Å². The molecule has 0 aromatic heterocycles. The Labute approximate surface area is 107 Å². The molecule has 18 heavy (non-hydrogen) atoms. The summed E-state index contributed by atoms with van der Waals surface area (Å²) in [6.45, 7) is 5.83. The van der Waals surface area contributed by atoms with Gasteiger partial charge in [0.25, 0.3) is 0 Å². The standard InChI is InChI=1S/C11H22N4O3/c1-4-8(10(13)14-18)11(17)15(5-7(2)3)6-9(12)16/h7-8,18H,4-6H2,1-3H3,(H2,12,16)(H2,13,14). The lowest BCUT2D eigenvalue weighted by Gasteiger charge is -2.26. The number of nitrogens with two attached hydrogens (primary N) is 2. The summed E-state index contributed by atoms with van der Waals surface area (Å²) < 4.78 is 0. The first-order valence-electron chi connectivity index (χ1n) is 5.87. The van der Waals surface area contributed by atoms with Crippen LogP contribution in [0.5, 0.6) is 0 Å². The van der Waals surface area contributed by atoms with E-state index in [1.807, 2.05) is 13.8 Å². The molecule has 0 saturated carbocycles. The number of carbonyl (C=O) groups excluding carboxylic acids is 2. The van der Waals surface area contributed by atoms with Crippen LogP contribution in [-0.4, -0.2) is 40.8 Å². The molecule has 1 atom stereocenters. The maximum Gasteiger partial charge on any atom is 0.237 e. The Balaban J connectivity index is 4.96. The number of nitrogens with zero attached hydrogens (tertiary/aromatic N) is 2. The number of primary amides is 1. The third kappa shape index (κ3) is 5.03. The molecule has 0 aromatic rings. The van der Waals surface area contributed by atoms with E-state index in [2.05, 4.69) is 5.16 Å². The summed E-state index contributed by atoms with van der Waals surface area (Å²) >= 11 is 0. The molecule has 7 heteroatoms. The highest BCUT2D eigenvalue weighted by Crippen LogP contribution is 2.10. The molecule has 0 aliphatic rings. The molecule has 0 radical (unpaired) electrons.